The summed E-state index contributed by atoms with van der Waals surface area (Å²) >= 11 is 1.79. The maximum absolute atomic E-state index is 11.2. The highest BCUT2D eigenvalue weighted by Gasteiger charge is 1.99. The molecule has 0 spiro atoms. The molecule has 0 bridgehead atoms. The maximum Gasteiger partial charge on any atom is 0.238 e. The zero-order valence-corrected chi connectivity index (χ0v) is 9.86. The molecule has 0 heterocycles. The van der Waals surface area contributed by atoms with Gasteiger partial charge in [-0.05, 0) is 37.1 Å². The Kier molecular flexibility index (Phi) is 5.21. The fraction of sp³-hybridized carbons (Fsp3) is 0.364. The molecule has 2 N–H and O–H groups in total. The van der Waals surface area contributed by atoms with Crippen molar-refractivity contribution in [2.75, 3.05) is 24.7 Å². The van der Waals surface area contributed by atoms with E-state index in [0.717, 1.165) is 11.4 Å². The number of thioether (sulfide) groups is 1. The van der Waals surface area contributed by atoms with E-state index in [1.807, 2.05) is 24.3 Å². The molecule has 0 saturated carbocycles. The van der Waals surface area contributed by atoms with E-state index < -0.39 is 0 Å². The van der Waals surface area contributed by atoms with Crippen LogP contribution in [0.15, 0.2) is 29.2 Å². The minimum absolute atomic E-state index is 0.0200. The number of rotatable bonds is 5. The zero-order valence-electron chi connectivity index (χ0n) is 9.04. The van der Waals surface area contributed by atoms with Gasteiger partial charge in [-0.1, -0.05) is 6.92 Å². The summed E-state index contributed by atoms with van der Waals surface area (Å²) in [6.07, 6.45) is 0. The second kappa shape index (κ2) is 6.48. The average molecular weight is 224 g/mol. The standard InChI is InChI=1S/C11H16N2OS/c1-3-15-10-6-4-9(5-7-10)13-11(14)8-12-2/h4-7,12H,3,8H2,1-2H3,(H,13,14). The lowest BCUT2D eigenvalue weighted by molar-refractivity contribution is -0.115. The van der Waals surface area contributed by atoms with Crippen LogP contribution < -0.4 is 10.6 Å². The predicted molar refractivity (Wildman–Crippen MR) is 65.4 cm³/mol. The smallest absolute Gasteiger partial charge is 0.238 e. The van der Waals surface area contributed by atoms with Crippen LogP contribution in [-0.2, 0) is 4.79 Å². The second-order valence-electron chi connectivity index (χ2n) is 3.04. The number of anilines is 1. The van der Waals surface area contributed by atoms with Crippen LogP contribution in [0.2, 0.25) is 0 Å². The third-order valence-corrected chi connectivity index (χ3v) is 2.68. The van der Waals surface area contributed by atoms with Crippen molar-refractivity contribution in [3.8, 4) is 0 Å². The van der Waals surface area contributed by atoms with Crippen molar-refractivity contribution < 1.29 is 4.79 Å². The lowest BCUT2D eigenvalue weighted by Crippen LogP contribution is -2.24. The lowest BCUT2D eigenvalue weighted by atomic mass is 10.3. The van der Waals surface area contributed by atoms with Gasteiger partial charge >= 0.3 is 0 Å². The van der Waals surface area contributed by atoms with Crippen LogP contribution >= 0.6 is 11.8 Å². The first kappa shape index (κ1) is 12.1. The Balaban J connectivity index is 2.52. The first-order chi connectivity index (χ1) is 7.26. The van der Waals surface area contributed by atoms with Crippen LogP contribution in [-0.4, -0.2) is 25.3 Å². The number of carbonyl (C=O) groups excluding carboxylic acids is 1. The summed E-state index contributed by atoms with van der Waals surface area (Å²) in [5.74, 6) is 1.04. The molecular formula is C11H16N2OS. The van der Waals surface area contributed by atoms with Crippen molar-refractivity contribution in [1.82, 2.24) is 5.32 Å². The molecule has 0 aromatic heterocycles. The van der Waals surface area contributed by atoms with Crippen molar-refractivity contribution in [3.63, 3.8) is 0 Å². The normalized spacial score (nSPS) is 10.0. The van der Waals surface area contributed by atoms with E-state index >= 15 is 0 Å². The van der Waals surface area contributed by atoms with Crippen LogP contribution in [0.5, 0.6) is 0 Å². The maximum atomic E-state index is 11.2. The number of hydrogen-bond donors (Lipinski definition) is 2. The molecule has 0 saturated heterocycles. The SMILES string of the molecule is CCSc1ccc(NC(=O)CNC)cc1. The van der Waals surface area contributed by atoms with E-state index in [1.54, 1.807) is 18.8 Å². The summed E-state index contributed by atoms with van der Waals surface area (Å²) in [5, 5.41) is 5.60. The van der Waals surface area contributed by atoms with Crippen LogP contribution in [0, 0.1) is 0 Å². The zero-order chi connectivity index (χ0) is 11.1. The Morgan fingerprint density at radius 3 is 2.53 bits per heavy atom. The predicted octanol–water partition coefficient (Wildman–Crippen LogP) is 1.96. The molecule has 82 valence electrons. The van der Waals surface area contributed by atoms with Gasteiger partial charge in [0.25, 0.3) is 0 Å². The van der Waals surface area contributed by atoms with E-state index in [1.165, 1.54) is 4.90 Å². The van der Waals surface area contributed by atoms with Crippen molar-refractivity contribution in [3.05, 3.63) is 24.3 Å². The summed E-state index contributed by atoms with van der Waals surface area (Å²) in [7, 11) is 1.75. The van der Waals surface area contributed by atoms with Gasteiger partial charge in [0.05, 0.1) is 6.54 Å². The van der Waals surface area contributed by atoms with Gasteiger partial charge in [-0.2, -0.15) is 0 Å². The number of nitrogens with one attached hydrogen (secondary N) is 2. The van der Waals surface area contributed by atoms with E-state index in [0.29, 0.717) is 6.54 Å². The van der Waals surface area contributed by atoms with Crippen molar-refractivity contribution >= 4 is 23.4 Å². The third-order valence-electron chi connectivity index (χ3n) is 1.79. The summed E-state index contributed by atoms with van der Waals surface area (Å²) in [4.78, 5) is 12.5. The minimum atomic E-state index is -0.0200. The van der Waals surface area contributed by atoms with E-state index in [4.69, 9.17) is 0 Å². The Labute approximate surface area is 94.6 Å². The lowest BCUT2D eigenvalue weighted by Gasteiger charge is -2.05. The van der Waals surface area contributed by atoms with Crippen LogP contribution in [0.25, 0.3) is 0 Å². The van der Waals surface area contributed by atoms with Gasteiger partial charge in [-0.15, -0.1) is 11.8 Å². The molecule has 0 radical (unpaired) electrons. The molecule has 1 amide bonds. The first-order valence-corrected chi connectivity index (χ1v) is 5.92. The highest BCUT2D eigenvalue weighted by Crippen LogP contribution is 2.19. The number of amides is 1. The quantitative estimate of drug-likeness (QED) is 0.751. The molecule has 0 unspecified atom stereocenters. The molecule has 1 aromatic rings. The van der Waals surface area contributed by atoms with Crippen molar-refractivity contribution in [2.45, 2.75) is 11.8 Å². The molecule has 1 rings (SSSR count). The van der Waals surface area contributed by atoms with E-state index in [9.17, 15) is 4.79 Å². The minimum Gasteiger partial charge on any atom is -0.325 e. The number of benzene rings is 1. The summed E-state index contributed by atoms with van der Waals surface area (Å²) < 4.78 is 0. The molecule has 0 aliphatic heterocycles. The van der Waals surface area contributed by atoms with Gasteiger partial charge in [0.2, 0.25) is 5.91 Å². The molecule has 4 heteroatoms. The van der Waals surface area contributed by atoms with E-state index in [-0.39, 0.29) is 5.91 Å². The Morgan fingerprint density at radius 1 is 1.33 bits per heavy atom. The van der Waals surface area contributed by atoms with E-state index in [2.05, 4.69) is 17.6 Å². The highest BCUT2D eigenvalue weighted by molar-refractivity contribution is 7.99. The first-order valence-electron chi connectivity index (χ1n) is 4.93. The molecule has 0 atom stereocenters. The monoisotopic (exact) mass is 224 g/mol. The highest BCUT2D eigenvalue weighted by atomic mass is 32.2. The Morgan fingerprint density at radius 2 is 2.00 bits per heavy atom. The second-order valence-corrected chi connectivity index (χ2v) is 4.37. The van der Waals surface area contributed by atoms with Crippen LogP contribution in [0.3, 0.4) is 0 Å². The van der Waals surface area contributed by atoms with Gasteiger partial charge in [-0.3, -0.25) is 4.79 Å². The fourth-order valence-electron chi connectivity index (χ4n) is 1.17. The summed E-state index contributed by atoms with van der Waals surface area (Å²) in [6, 6.07) is 7.88. The van der Waals surface area contributed by atoms with Gasteiger partial charge in [0.1, 0.15) is 0 Å². The third kappa shape index (κ3) is 4.36. The number of carbonyl (C=O) groups is 1. The molecule has 0 aliphatic carbocycles. The van der Waals surface area contributed by atoms with Crippen molar-refractivity contribution in [1.29, 1.82) is 0 Å². The largest absolute Gasteiger partial charge is 0.325 e. The molecule has 0 fully saturated rings. The molecule has 15 heavy (non-hydrogen) atoms. The van der Waals surface area contributed by atoms with Crippen LogP contribution in [0.4, 0.5) is 5.69 Å². The van der Waals surface area contributed by atoms with Gasteiger partial charge in [0.15, 0.2) is 0 Å². The molecule has 0 aliphatic rings. The molecular weight excluding hydrogens is 208 g/mol. The van der Waals surface area contributed by atoms with Crippen LogP contribution in [0.1, 0.15) is 6.92 Å². The number of hydrogen-bond acceptors (Lipinski definition) is 3. The van der Waals surface area contributed by atoms with Gasteiger partial charge in [-0.25, -0.2) is 0 Å². The Bertz CT molecular complexity index is 311. The van der Waals surface area contributed by atoms with Gasteiger partial charge < -0.3 is 10.6 Å². The number of likely N-dealkylation sites (N-methyl/N-ethyl adjacent to an activating group) is 1. The summed E-state index contributed by atoms with van der Waals surface area (Å²) in [5.41, 5.74) is 0.843. The summed E-state index contributed by atoms with van der Waals surface area (Å²) in [6.45, 7) is 2.46. The molecule has 3 nitrogen and oxygen atoms in total. The Hall–Kier alpha value is -1.00. The fourth-order valence-corrected chi connectivity index (χ4v) is 1.83. The average Bonchev–Trinajstić information content (AvgIpc) is 2.22. The van der Waals surface area contributed by atoms with Crippen molar-refractivity contribution in [2.24, 2.45) is 0 Å². The topological polar surface area (TPSA) is 41.1 Å². The van der Waals surface area contributed by atoms with Gasteiger partial charge in [0, 0.05) is 10.6 Å². The molecule has 1 aromatic carbocycles.